The normalized spacial score (nSPS) is 56.3. The number of aliphatic hydroxyl groups excluding tert-OH is 1. The van der Waals surface area contributed by atoms with E-state index in [1.807, 2.05) is 20.8 Å². The maximum atomic E-state index is 15.3. The number of allylic oxidation sites excluding steroid dienone is 2. The molecular formula is C22H27FO5. The number of fused-ring (bicyclic) bond motifs is 3. The smallest absolute Gasteiger partial charge is 0.190 e. The summed E-state index contributed by atoms with van der Waals surface area (Å²) in [7, 11) is 0. The maximum absolute atomic E-state index is 15.3. The summed E-state index contributed by atoms with van der Waals surface area (Å²) in [6.07, 6.45) is 4.58. The van der Waals surface area contributed by atoms with E-state index in [1.165, 1.54) is 12.2 Å². The highest BCUT2D eigenvalue weighted by Crippen LogP contribution is 2.76. The van der Waals surface area contributed by atoms with Gasteiger partial charge < -0.3 is 14.9 Å². The van der Waals surface area contributed by atoms with Crippen LogP contribution in [0.3, 0.4) is 0 Å². The number of alkyl halides is 1. The third kappa shape index (κ3) is 1.75. The van der Waals surface area contributed by atoms with Crippen molar-refractivity contribution in [1.29, 1.82) is 0 Å². The molecule has 6 heteroatoms. The van der Waals surface area contributed by atoms with Gasteiger partial charge in [0.05, 0.1) is 6.10 Å². The molecule has 0 bridgehead atoms. The van der Waals surface area contributed by atoms with Crippen molar-refractivity contribution in [2.45, 2.75) is 63.5 Å². The third-order valence-corrected chi connectivity index (χ3v) is 9.07. The monoisotopic (exact) mass is 390 g/mol. The molecule has 9 atom stereocenters. The molecule has 152 valence electrons. The Morgan fingerprint density at radius 2 is 2.04 bits per heavy atom. The van der Waals surface area contributed by atoms with E-state index in [9.17, 15) is 19.8 Å². The molecule has 1 aliphatic heterocycles. The zero-order chi connectivity index (χ0) is 20.3. The minimum atomic E-state index is -1.63. The van der Waals surface area contributed by atoms with Crippen LogP contribution in [0.15, 0.2) is 23.8 Å². The lowest BCUT2D eigenvalue weighted by atomic mass is 9.46. The molecule has 0 aromatic heterocycles. The van der Waals surface area contributed by atoms with Crippen LogP contribution in [0.4, 0.5) is 4.39 Å². The van der Waals surface area contributed by atoms with Gasteiger partial charge in [-0.1, -0.05) is 19.9 Å². The van der Waals surface area contributed by atoms with Crippen LogP contribution in [0.5, 0.6) is 0 Å². The fraction of sp³-hybridized carbons (Fsp3) is 0.727. The van der Waals surface area contributed by atoms with E-state index in [1.54, 1.807) is 6.08 Å². The van der Waals surface area contributed by atoms with Crippen LogP contribution in [0, 0.1) is 28.6 Å². The molecule has 5 nitrogen and oxygen atoms in total. The number of Topliss-reactive ketones (excluding diaryl/α,β-unsaturated/α-hetero) is 1. The van der Waals surface area contributed by atoms with Crippen LogP contribution < -0.4 is 0 Å². The molecule has 1 spiro atoms. The third-order valence-electron chi connectivity index (χ3n) is 9.07. The number of aliphatic hydroxyl groups is 2. The van der Waals surface area contributed by atoms with Crippen molar-refractivity contribution in [3.63, 3.8) is 0 Å². The fourth-order valence-electron chi connectivity index (χ4n) is 7.69. The molecule has 4 aliphatic carbocycles. The van der Waals surface area contributed by atoms with Crippen LogP contribution in [0.2, 0.25) is 0 Å². The standard InChI is InChI=1S/C22H27FO5/c1-11-6-13-14-8-16(23)15-7-12(25)4-5-19(15,2)22(14)18(28-22)9-20(13,3)21(11,27)17(26)10-24/h4-5,7,11,13-14,16,18,24,27H,6,8-10H2,1-3H3/t11?,13?,14?,16?,18?,19-,20-,21-,22+/m0/s1. The van der Waals surface area contributed by atoms with Gasteiger partial charge in [-0.2, -0.15) is 0 Å². The van der Waals surface area contributed by atoms with Gasteiger partial charge in [-0.15, -0.1) is 0 Å². The first kappa shape index (κ1) is 18.6. The predicted octanol–water partition coefficient (Wildman–Crippen LogP) is 1.91. The second kappa shape index (κ2) is 5.21. The predicted molar refractivity (Wildman–Crippen MR) is 98.0 cm³/mol. The van der Waals surface area contributed by atoms with Crippen molar-refractivity contribution in [3.8, 4) is 0 Å². The average Bonchev–Trinajstić information content (AvgIpc) is 3.34. The summed E-state index contributed by atoms with van der Waals surface area (Å²) in [4.78, 5) is 24.5. The van der Waals surface area contributed by atoms with Crippen molar-refractivity contribution in [2.75, 3.05) is 6.61 Å². The molecule has 3 saturated carbocycles. The van der Waals surface area contributed by atoms with E-state index in [4.69, 9.17) is 4.74 Å². The van der Waals surface area contributed by atoms with Gasteiger partial charge in [0.25, 0.3) is 0 Å². The number of carbonyl (C=O) groups is 2. The number of hydrogen-bond donors (Lipinski definition) is 2. The molecule has 2 N–H and O–H groups in total. The molecule has 1 heterocycles. The van der Waals surface area contributed by atoms with Gasteiger partial charge in [-0.25, -0.2) is 4.39 Å². The van der Waals surface area contributed by atoms with Crippen LogP contribution in [-0.4, -0.2) is 51.9 Å². The molecule has 5 aliphatic rings. The van der Waals surface area contributed by atoms with E-state index in [2.05, 4.69) is 0 Å². The Labute approximate surface area is 163 Å². The number of epoxide rings is 1. The highest BCUT2D eigenvalue weighted by molar-refractivity contribution is 6.01. The van der Waals surface area contributed by atoms with Gasteiger partial charge in [0.1, 0.15) is 24.0 Å². The summed E-state index contributed by atoms with van der Waals surface area (Å²) >= 11 is 0. The van der Waals surface area contributed by atoms with Gasteiger partial charge in [0.15, 0.2) is 11.6 Å². The molecule has 5 rings (SSSR count). The zero-order valence-corrected chi connectivity index (χ0v) is 16.4. The summed E-state index contributed by atoms with van der Waals surface area (Å²) < 4.78 is 21.6. The summed E-state index contributed by atoms with van der Waals surface area (Å²) in [5.41, 5.74) is -3.19. The highest BCUT2D eigenvalue weighted by Gasteiger charge is 2.82. The lowest BCUT2D eigenvalue weighted by Crippen LogP contribution is -2.63. The van der Waals surface area contributed by atoms with Gasteiger partial charge in [-0.05, 0) is 61.7 Å². The van der Waals surface area contributed by atoms with Crippen molar-refractivity contribution in [1.82, 2.24) is 0 Å². The van der Waals surface area contributed by atoms with Gasteiger partial charge in [0.2, 0.25) is 0 Å². The summed E-state index contributed by atoms with van der Waals surface area (Å²) in [6, 6.07) is 0. The summed E-state index contributed by atoms with van der Waals surface area (Å²) in [5, 5.41) is 21.0. The molecule has 5 unspecified atom stereocenters. The van der Waals surface area contributed by atoms with Crippen LogP contribution in [-0.2, 0) is 14.3 Å². The zero-order valence-electron chi connectivity index (χ0n) is 16.4. The lowest BCUT2D eigenvalue weighted by Gasteiger charge is -2.56. The van der Waals surface area contributed by atoms with Crippen LogP contribution in [0.25, 0.3) is 0 Å². The number of ketones is 2. The van der Waals surface area contributed by atoms with Crippen LogP contribution in [0.1, 0.15) is 40.0 Å². The number of ether oxygens (including phenoxy) is 1. The van der Waals surface area contributed by atoms with E-state index >= 15 is 4.39 Å². The number of halogens is 1. The molecule has 0 radical (unpaired) electrons. The van der Waals surface area contributed by atoms with Gasteiger partial charge in [-0.3, -0.25) is 9.59 Å². The van der Waals surface area contributed by atoms with Crippen molar-refractivity contribution >= 4 is 11.6 Å². The largest absolute Gasteiger partial charge is 0.388 e. The van der Waals surface area contributed by atoms with Gasteiger partial charge >= 0.3 is 0 Å². The fourth-order valence-corrected chi connectivity index (χ4v) is 7.69. The Morgan fingerprint density at radius 3 is 2.71 bits per heavy atom. The Morgan fingerprint density at radius 1 is 1.32 bits per heavy atom. The van der Waals surface area contributed by atoms with E-state index in [-0.39, 0.29) is 36.1 Å². The first-order chi connectivity index (χ1) is 13.1. The van der Waals surface area contributed by atoms with Crippen LogP contribution >= 0.6 is 0 Å². The molecular weight excluding hydrogens is 363 g/mol. The average molecular weight is 390 g/mol. The topological polar surface area (TPSA) is 87.1 Å². The van der Waals surface area contributed by atoms with Crippen molar-refractivity contribution < 1.29 is 28.9 Å². The molecule has 0 amide bonds. The van der Waals surface area contributed by atoms with E-state index < -0.39 is 40.6 Å². The molecule has 28 heavy (non-hydrogen) atoms. The number of carbonyl (C=O) groups excluding carboxylic acids is 2. The molecule has 0 aromatic carbocycles. The minimum absolute atomic E-state index is 0.0931. The van der Waals surface area contributed by atoms with Gasteiger partial charge in [0, 0.05) is 10.8 Å². The number of hydrogen-bond acceptors (Lipinski definition) is 5. The van der Waals surface area contributed by atoms with E-state index in [0.717, 1.165) is 0 Å². The summed E-state index contributed by atoms with van der Waals surface area (Å²) in [6.45, 7) is 5.00. The number of rotatable bonds is 2. The van der Waals surface area contributed by atoms with Crippen molar-refractivity contribution in [2.24, 2.45) is 28.6 Å². The first-order valence-corrected chi connectivity index (χ1v) is 10.2. The minimum Gasteiger partial charge on any atom is -0.388 e. The Balaban J connectivity index is 1.63. The maximum Gasteiger partial charge on any atom is 0.190 e. The second-order valence-electron chi connectivity index (χ2n) is 9.96. The Kier molecular flexibility index (Phi) is 3.47. The lowest BCUT2D eigenvalue weighted by molar-refractivity contribution is -0.166. The Hall–Kier alpha value is -1.37. The SMILES string of the molecule is CC1CC2C3CC(F)C4=CC(=O)C=C[C@]4(C)[C@@]34OC4C[C@]2(C)[C@@]1(O)C(=O)CO. The highest BCUT2D eigenvalue weighted by atomic mass is 19.1. The van der Waals surface area contributed by atoms with E-state index in [0.29, 0.717) is 18.4 Å². The second-order valence-corrected chi connectivity index (χ2v) is 9.96. The quantitative estimate of drug-likeness (QED) is 0.704. The Bertz CT molecular complexity index is 850. The first-order valence-electron chi connectivity index (χ1n) is 10.2. The van der Waals surface area contributed by atoms with Crippen molar-refractivity contribution in [3.05, 3.63) is 23.8 Å². The molecule has 4 fully saturated rings. The summed E-state index contributed by atoms with van der Waals surface area (Å²) in [5.74, 6) is -1.32. The molecule has 1 saturated heterocycles. The molecule has 0 aromatic rings.